The summed E-state index contributed by atoms with van der Waals surface area (Å²) in [6, 6.07) is 14.7. The average Bonchev–Trinajstić information content (AvgIpc) is 2.77. The molecule has 0 fully saturated rings. The van der Waals surface area contributed by atoms with E-state index in [0.29, 0.717) is 28.1 Å². The molecule has 13 heteroatoms. The Morgan fingerprint density at radius 1 is 0.886 bits per heavy atom. The second kappa shape index (κ2) is 9.02. The highest BCUT2D eigenvalue weighted by atomic mass is 32.2. The molecule has 0 unspecified atom stereocenters. The molecule has 11 nitrogen and oxygen atoms in total. The first-order valence-electron chi connectivity index (χ1n) is 10.1. The summed E-state index contributed by atoms with van der Waals surface area (Å²) in [7, 11) is -8.43. The Morgan fingerprint density at radius 3 is 2.17 bits per heavy atom. The number of anilines is 2. The molecule has 4 N–H and O–H groups in total. The third-order valence-electron chi connectivity index (χ3n) is 4.92. The molecule has 3 aromatic carbocycles. The zero-order valence-electron chi connectivity index (χ0n) is 18.5. The molecule has 35 heavy (non-hydrogen) atoms. The first-order valence-corrected chi connectivity index (χ1v) is 13.0. The van der Waals surface area contributed by atoms with Crippen molar-refractivity contribution in [2.45, 2.75) is 23.6 Å². The molecule has 0 aliphatic rings. The van der Waals surface area contributed by atoms with Gasteiger partial charge in [0.2, 0.25) is 5.95 Å². The van der Waals surface area contributed by atoms with E-state index in [1.807, 2.05) is 0 Å². The summed E-state index contributed by atoms with van der Waals surface area (Å²) in [4.78, 5) is 7.81. The van der Waals surface area contributed by atoms with Gasteiger partial charge in [0.05, 0.1) is 16.3 Å². The molecule has 1 aromatic heterocycles. The number of nitrogen functional groups attached to an aromatic ring is 1. The van der Waals surface area contributed by atoms with E-state index in [0.717, 1.165) is 0 Å². The lowest BCUT2D eigenvalue weighted by atomic mass is 10.1. The van der Waals surface area contributed by atoms with E-state index in [1.165, 1.54) is 42.5 Å². The largest absolute Gasteiger partial charge is 0.398 e. The number of nitrogens with one attached hydrogen (secondary N) is 1. The van der Waals surface area contributed by atoms with Crippen LogP contribution in [0.1, 0.15) is 11.4 Å². The van der Waals surface area contributed by atoms with Crippen molar-refractivity contribution < 1.29 is 21.4 Å². The van der Waals surface area contributed by atoms with E-state index < -0.39 is 20.1 Å². The summed E-state index contributed by atoms with van der Waals surface area (Å²) in [5.74, 6) is -0.0224. The lowest BCUT2D eigenvalue weighted by Crippen LogP contribution is -2.15. The fourth-order valence-corrected chi connectivity index (χ4v) is 5.12. The van der Waals surface area contributed by atoms with Gasteiger partial charge in [-0.1, -0.05) is 12.1 Å². The second-order valence-electron chi connectivity index (χ2n) is 7.60. The summed E-state index contributed by atoms with van der Waals surface area (Å²) < 4.78 is 60.7. The maximum absolute atomic E-state index is 12.7. The lowest BCUT2D eigenvalue weighted by Gasteiger charge is -2.09. The van der Waals surface area contributed by atoms with Crippen LogP contribution < -0.4 is 10.5 Å². The standard InChI is InChI=1S/C22H20N6O5S2/c1-13-12-14(2)25-22(24-13)28-34(29,30)16-8-6-15(7-9-16)26-27-19-11-10-18(23)21-17(19)4-3-5-20(21)35(31,32)33/h3-12H,23H2,1-2H3,(H,24,25,28)(H,31,32,33). The predicted octanol–water partition coefficient (Wildman–Crippen LogP) is 4.29. The fraction of sp³-hybridized carbons (Fsp3) is 0.0909. The van der Waals surface area contributed by atoms with Gasteiger partial charge in [-0.05, 0) is 62.4 Å². The first-order chi connectivity index (χ1) is 16.4. The first kappa shape index (κ1) is 24.2. The van der Waals surface area contributed by atoms with Gasteiger partial charge in [0.15, 0.2) is 0 Å². The van der Waals surface area contributed by atoms with Crippen molar-refractivity contribution in [2.24, 2.45) is 10.2 Å². The molecule has 0 bridgehead atoms. The van der Waals surface area contributed by atoms with E-state index in [9.17, 15) is 21.4 Å². The second-order valence-corrected chi connectivity index (χ2v) is 10.7. The molecule has 0 aliphatic heterocycles. The van der Waals surface area contributed by atoms with E-state index in [4.69, 9.17) is 5.73 Å². The van der Waals surface area contributed by atoms with Gasteiger partial charge >= 0.3 is 0 Å². The zero-order valence-corrected chi connectivity index (χ0v) is 20.2. The van der Waals surface area contributed by atoms with Crippen molar-refractivity contribution in [2.75, 3.05) is 10.5 Å². The molecular weight excluding hydrogens is 492 g/mol. The van der Waals surface area contributed by atoms with Crippen LogP contribution in [0.3, 0.4) is 0 Å². The molecule has 4 rings (SSSR count). The molecule has 0 amide bonds. The van der Waals surface area contributed by atoms with Gasteiger partial charge in [0.1, 0.15) is 4.90 Å². The molecule has 0 atom stereocenters. The van der Waals surface area contributed by atoms with E-state index in [-0.39, 0.29) is 26.8 Å². The van der Waals surface area contributed by atoms with Crippen LogP contribution in [0.15, 0.2) is 80.7 Å². The molecule has 180 valence electrons. The third-order valence-corrected chi connectivity index (χ3v) is 7.16. The highest BCUT2D eigenvalue weighted by Gasteiger charge is 2.18. The number of aromatic nitrogens is 2. The summed E-state index contributed by atoms with van der Waals surface area (Å²) in [5.41, 5.74) is 8.01. The topological polar surface area (TPSA) is 177 Å². The zero-order chi connectivity index (χ0) is 25.4. The van der Waals surface area contributed by atoms with Gasteiger partial charge in [0, 0.05) is 27.8 Å². The number of sulfonamides is 1. The Hall–Kier alpha value is -3.94. The van der Waals surface area contributed by atoms with Crippen molar-refractivity contribution in [3.8, 4) is 0 Å². The minimum atomic E-state index is -4.51. The van der Waals surface area contributed by atoms with Crippen molar-refractivity contribution in [3.63, 3.8) is 0 Å². The van der Waals surface area contributed by atoms with Crippen molar-refractivity contribution in [1.82, 2.24) is 9.97 Å². The van der Waals surface area contributed by atoms with Gasteiger partial charge in [-0.2, -0.15) is 13.5 Å². The number of azo groups is 1. The Labute approximate surface area is 201 Å². The highest BCUT2D eigenvalue weighted by molar-refractivity contribution is 7.92. The molecular formula is C22H20N6O5S2. The van der Waals surface area contributed by atoms with Gasteiger partial charge in [-0.15, -0.1) is 5.11 Å². The number of aryl methyl sites for hydroxylation is 2. The number of hydrogen-bond acceptors (Lipinski definition) is 9. The summed E-state index contributed by atoms with van der Waals surface area (Å²) in [6.45, 7) is 3.47. The van der Waals surface area contributed by atoms with Crippen LogP contribution in [-0.4, -0.2) is 31.4 Å². The van der Waals surface area contributed by atoms with Crippen molar-refractivity contribution >= 4 is 53.9 Å². The average molecular weight is 513 g/mol. The van der Waals surface area contributed by atoms with Gasteiger partial charge in [-0.25, -0.2) is 23.1 Å². The predicted molar refractivity (Wildman–Crippen MR) is 131 cm³/mol. The monoisotopic (exact) mass is 512 g/mol. The fourth-order valence-electron chi connectivity index (χ4n) is 3.44. The minimum absolute atomic E-state index is 0.0186. The van der Waals surface area contributed by atoms with Gasteiger partial charge < -0.3 is 5.73 Å². The Morgan fingerprint density at radius 2 is 1.54 bits per heavy atom. The molecule has 0 aliphatic carbocycles. The molecule has 1 heterocycles. The van der Waals surface area contributed by atoms with Crippen LogP contribution in [0, 0.1) is 13.8 Å². The van der Waals surface area contributed by atoms with Crippen LogP contribution >= 0.6 is 0 Å². The minimum Gasteiger partial charge on any atom is -0.398 e. The van der Waals surface area contributed by atoms with Crippen molar-refractivity contribution in [1.29, 1.82) is 0 Å². The Balaban J connectivity index is 1.62. The Bertz CT molecular complexity index is 1670. The van der Waals surface area contributed by atoms with Gasteiger partial charge in [0.25, 0.3) is 20.1 Å². The van der Waals surface area contributed by atoms with E-state index >= 15 is 0 Å². The maximum atomic E-state index is 12.7. The highest BCUT2D eigenvalue weighted by Crippen LogP contribution is 2.35. The number of nitrogens with zero attached hydrogens (tertiary/aromatic N) is 4. The molecule has 0 saturated heterocycles. The normalized spacial score (nSPS) is 12.3. The Kier molecular flexibility index (Phi) is 6.23. The van der Waals surface area contributed by atoms with Crippen LogP contribution in [0.4, 0.5) is 23.0 Å². The van der Waals surface area contributed by atoms with Crippen LogP contribution in [0.2, 0.25) is 0 Å². The molecule has 0 spiro atoms. The summed E-state index contributed by atoms with van der Waals surface area (Å²) in [5, 5.41) is 8.77. The number of benzene rings is 3. The quantitative estimate of drug-likeness (QED) is 0.194. The van der Waals surface area contributed by atoms with Crippen LogP contribution in [0.25, 0.3) is 10.8 Å². The number of hydrogen-bond donors (Lipinski definition) is 3. The molecule has 0 radical (unpaired) electrons. The molecule has 0 saturated carbocycles. The number of rotatable bonds is 6. The number of fused-ring (bicyclic) bond motifs is 1. The maximum Gasteiger partial charge on any atom is 0.295 e. The summed E-state index contributed by atoms with van der Waals surface area (Å²) >= 11 is 0. The smallest absolute Gasteiger partial charge is 0.295 e. The lowest BCUT2D eigenvalue weighted by molar-refractivity contribution is 0.484. The third kappa shape index (κ3) is 5.26. The van der Waals surface area contributed by atoms with Crippen molar-refractivity contribution in [3.05, 3.63) is 72.1 Å². The summed E-state index contributed by atoms with van der Waals surface area (Å²) in [6.07, 6.45) is 0. The van der Waals surface area contributed by atoms with E-state index in [1.54, 1.807) is 32.0 Å². The van der Waals surface area contributed by atoms with Crippen LogP contribution in [0.5, 0.6) is 0 Å². The van der Waals surface area contributed by atoms with Gasteiger partial charge in [-0.3, -0.25) is 4.55 Å². The SMILES string of the molecule is Cc1cc(C)nc(NS(=O)(=O)c2ccc(N=Nc3ccc(N)c4c(S(=O)(=O)O)cccc34)cc2)n1. The van der Waals surface area contributed by atoms with E-state index in [2.05, 4.69) is 24.9 Å². The molecule has 4 aromatic rings. The van der Waals surface area contributed by atoms with Crippen LogP contribution in [-0.2, 0) is 20.1 Å². The number of nitrogens with two attached hydrogens (primary N) is 1.